The van der Waals surface area contributed by atoms with Crippen LogP contribution in [0.4, 0.5) is 0 Å². The van der Waals surface area contributed by atoms with Crippen LogP contribution in [-0.4, -0.2) is 17.7 Å². The summed E-state index contributed by atoms with van der Waals surface area (Å²) in [4.78, 5) is 0. The molecule has 3 atom stereocenters. The van der Waals surface area contributed by atoms with Gasteiger partial charge in [0.1, 0.15) is 0 Å². The molecule has 0 aromatic rings. The molecule has 2 N–H and O–H groups in total. The second kappa shape index (κ2) is 5.15. The third-order valence-electron chi connectivity index (χ3n) is 3.87. The summed E-state index contributed by atoms with van der Waals surface area (Å²) in [6.07, 6.45) is 8.09. The van der Waals surface area contributed by atoms with Crippen LogP contribution in [0.25, 0.3) is 0 Å². The molecule has 86 valence electrons. The lowest BCUT2D eigenvalue weighted by Gasteiger charge is -2.24. The Labute approximate surface area is 98.2 Å². The van der Waals surface area contributed by atoms with E-state index in [1.165, 1.54) is 38.5 Å². The topological polar surface area (TPSA) is 24.1 Å². The fourth-order valence-electron chi connectivity index (χ4n) is 3.02. The molecule has 2 aliphatic rings. The Balaban J connectivity index is 1.66. The van der Waals surface area contributed by atoms with Crippen molar-refractivity contribution in [2.45, 2.75) is 51.5 Å². The van der Waals surface area contributed by atoms with Crippen LogP contribution in [0, 0.1) is 11.8 Å². The van der Waals surface area contributed by atoms with Gasteiger partial charge < -0.3 is 10.6 Å². The summed E-state index contributed by atoms with van der Waals surface area (Å²) in [5.74, 6) is 1.90. The highest BCUT2D eigenvalue weighted by molar-refractivity contribution is 7.80. The Morgan fingerprint density at radius 3 is 2.80 bits per heavy atom. The molecular formula is C12H22N2S. The lowest BCUT2D eigenvalue weighted by atomic mass is 9.96. The van der Waals surface area contributed by atoms with E-state index in [4.69, 9.17) is 12.2 Å². The van der Waals surface area contributed by atoms with Crippen LogP contribution >= 0.6 is 12.2 Å². The number of rotatable bonds is 4. The Kier molecular flexibility index (Phi) is 3.84. The summed E-state index contributed by atoms with van der Waals surface area (Å²) < 4.78 is 0. The van der Waals surface area contributed by atoms with E-state index in [0.717, 1.165) is 23.5 Å². The normalized spacial score (nSPS) is 33.0. The van der Waals surface area contributed by atoms with Crippen LogP contribution in [0.15, 0.2) is 0 Å². The van der Waals surface area contributed by atoms with E-state index in [1.807, 2.05) is 0 Å². The largest absolute Gasteiger partial charge is 0.363 e. The summed E-state index contributed by atoms with van der Waals surface area (Å²) in [6, 6.07) is 0.672. The first-order valence-corrected chi connectivity index (χ1v) is 6.74. The molecule has 0 radical (unpaired) electrons. The van der Waals surface area contributed by atoms with Gasteiger partial charge in [-0.3, -0.25) is 0 Å². The Morgan fingerprint density at radius 2 is 2.20 bits per heavy atom. The number of fused-ring (bicyclic) bond motifs is 2. The fraction of sp³-hybridized carbons (Fsp3) is 0.917. The first kappa shape index (κ1) is 11.2. The minimum atomic E-state index is 0.672. The Bertz CT molecular complexity index is 230. The van der Waals surface area contributed by atoms with Crippen molar-refractivity contribution in [2.75, 3.05) is 6.54 Å². The predicted molar refractivity (Wildman–Crippen MR) is 67.9 cm³/mol. The van der Waals surface area contributed by atoms with E-state index in [2.05, 4.69) is 17.6 Å². The third-order valence-corrected chi connectivity index (χ3v) is 4.13. The molecule has 2 fully saturated rings. The van der Waals surface area contributed by atoms with E-state index in [9.17, 15) is 0 Å². The highest BCUT2D eigenvalue weighted by Gasteiger charge is 2.39. The van der Waals surface area contributed by atoms with E-state index in [1.54, 1.807) is 0 Å². The quantitative estimate of drug-likeness (QED) is 0.569. The zero-order valence-corrected chi connectivity index (χ0v) is 10.4. The molecule has 2 rings (SSSR count). The third kappa shape index (κ3) is 2.83. The highest BCUT2D eigenvalue weighted by atomic mass is 32.1. The maximum absolute atomic E-state index is 5.30. The van der Waals surface area contributed by atoms with E-state index in [-0.39, 0.29) is 0 Å². The van der Waals surface area contributed by atoms with E-state index in [0.29, 0.717) is 6.04 Å². The van der Waals surface area contributed by atoms with Crippen molar-refractivity contribution in [1.29, 1.82) is 0 Å². The summed E-state index contributed by atoms with van der Waals surface area (Å²) in [7, 11) is 0. The van der Waals surface area contributed by atoms with Gasteiger partial charge in [0.05, 0.1) is 0 Å². The lowest BCUT2D eigenvalue weighted by molar-refractivity contribution is 0.389. The molecule has 2 saturated carbocycles. The first-order valence-electron chi connectivity index (χ1n) is 6.34. The van der Waals surface area contributed by atoms with Crippen molar-refractivity contribution in [3.05, 3.63) is 0 Å². The molecule has 2 bridgehead atoms. The maximum Gasteiger partial charge on any atom is 0.166 e. The molecule has 15 heavy (non-hydrogen) atoms. The van der Waals surface area contributed by atoms with Crippen LogP contribution in [0.3, 0.4) is 0 Å². The van der Waals surface area contributed by atoms with Gasteiger partial charge in [-0.2, -0.15) is 0 Å². The average molecular weight is 226 g/mol. The van der Waals surface area contributed by atoms with Crippen molar-refractivity contribution in [2.24, 2.45) is 11.8 Å². The zero-order valence-electron chi connectivity index (χ0n) is 9.59. The molecule has 0 heterocycles. The molecule has 0 aliphatic heterocycles. The molecule has 0 aromatic heterocycles. The van der Waals surface area contributed by atoms with E-state index >= 15 is 0 Å². The molecule has 0 spiro atoms. The van der Waals surface area contributed by atoms with Crippen molar-refractivity contribution in [3.63, 3.8) is 0 Å². The number of nitrogens with one attached hydrogen (secondary N) is 2. The number of unbranched alkanes of at least 4 members (excludes halogenated alkanes) is 1. The minimum absolute atomic E-state index is 0.672. The smallest absolute Gasteiger partial charge is 0.166 e. The number of hydrogen-bond acceptors (Lipinski definition) is 1. The molecule has 0 saturated heterocycles. The van der Waals surface area contributed by atoms with Gasteiger partial charge in [0, 0.05) is 12.6 Å². The summed E-state index contributed by atoms with van der Waals surface area (Å²) in [6.45, 7) is 3.22. The number of hydrogen-bond donors (Lipinski definition) is 2. The highest BCUT2D eigenvalue weighted by Crippen LogP contribution is 2.44. The molecule has 2 nitrogen and oxygen atoms in total. The monoisotopic (exact) mass is 226 g/mol. The van der Waals surface area contributed by atoms with Crippen LogP contribution in [0.5, 0.6) is 0 Å². The number of thiocarbonyl (C=S) groups is 1. The molecular weight excluding hydrogens is 204 g/mol. The Morgan fingerprint density at radius 1 is 1.33 bits per heavy atom. The van der Waals surface area contributed by atoms with Gasteiger partial charge in [0.15, 0.2) is 5.11 Å². The van der Waals surface area contributed by atoms with Crippen molar-refractivity contribution in [1.82, 2.24) is 10.6 Å². The zero-order chi connectivity index (χ0) is 10.7. The molecule has 3 unspecified atom stereocenters. The van der Waals surface area contributed by atoms with Gasteiger partial charge in [-0.15, -0.1) is 0 Å². The lowest BCUT2D eigenvalue weighted by Crippen LogP contribution is -2.44. The molecule has 0 aromatic carbocycles. The van der Waals surface area contributed by atoms with Crippen molar-refractivity contribution in [3.8, 4) is 0 Å². The van der Waals surface area contributed by atoms with Crippen LogP contribution < -0.4 is 10.6 Å². The van der Waals surface area contributed by atoms with Gasteiger partial charge in [-0.25, -0.2) is 0 Å². The summed E-state index contributed by atoms with van der Waals surface area (Å²) in [5.41, 5.74) is 0. The molecule has 0 amide bonds. The Hall–Kier alpha value is -0.310. The first-order chi connectivity index (χ1) is 7.29. The fourth-order valence-corrected chi connectivity index (χ4v) is 3.27. The predicted octanol–water partition coefficient (Wildman–Crippen LogP) is 2.44. The van der Waals surface area contributed by atoms with Gasteiger partial charge in [-0.05, 0) is 49.7 Å². The van der Waals surface area contributed by atoms with Crippen molar-refractivity contribution >= 4 is 17.3 Å². The molecule has 2 aliphatic carbocycles. The SMILES string of the molecule is CCCCNC(=S)NC1CC2CCC1C2. The second-order valence-corrected chi connectivity index (χ2v) is 5.44. The van der Waals surface area contributed by atoms with Crippen LogP contribution in [0.2, 0.25) is 0 Å². The average Bonchev–Trinajstić information content (AvgIpc) is 2.79. The van der Waals surface area contributed by atoms with Crippen molar-refractivity contribution < 1.29 is 0 Å². The van der Waals surface area contributed by atoms with Gasteiger partial charge in [0.25, 0.3) is 0 Å². The minimum Gasteiger partial charge on any atom is -0.363 e. The summed E-state index contributed by atoms with van der Waals surface area (Å²) in [5, 5.41) is 7.66. The van der Waals surface area contributed by atoms with Gasteiger partial charge in [-0.1, -0.05) is 19.8 Å². The maximum atomic E-state index is 5.30. The van der Waals surface area contributed by atoms with Gasteiger partial charge in [0.2, 0.25) is 0 Å². The van der Waals surface area contributed by atoms with Crippen LogP contribution in [-0.2, 0) is 0 Å². The van der Waals surface area contributed by atoms with Gasteiger partial charge >= 0.3 is 0 Å². The van der Waals surface area contributed by atoms with Crippen LogP contribution in [0.1, 0.15) is 45.4 Å². The van der Waals surface area contributed by atoms with E-state index < -0.39 is 0 Å². The second-order valence-electron chi connectivity index (χ2n) is 5.04. The molecule has 3 heteroatoms. The summed E-state index contributed by atoms with van der Waals surface area (Å²) >= 11 is 5.30. The standard InChI is InChI=1S/C12H22N2S/c1-2-3-6-13-12(15)14-11-8-9-4-5-10(11)7-9/h9-11H,2-8H2,1H3,(H2,13,14,15).